The maximum Gasteiger partial charge on any atom is 0.335 e. The fraction of sp³-hybridized carbons (Fsp3) is 0.429. The third kappa shape index (κ3) is 4.29. The molecule has 0 unspecified atom stereocenters. The van der Waals surface area contributed by atoms with Crippen molar-refractivity contribution in [1.29, 1.82) is 0 Å². The summed E-state index contributed by atoms with van der Waals surface area (Å²) in [6, 6.07) is 5.76. The topological polar surface area (TPSA) is 91.7 Å². The van der Waals surface area contributed by atoms with Gasteiger partial charge in [-0.1, -0.05) is 12.1 Å². The monoisotopic (exact) mass is 311 g/mol. The van der Waals surface area contributed by atoms with Crippen LogP contribution in [-0.2, 0) is 20.4 Å². The first-order chi connectivity index (χ1) is 9.87. The number of sulfone groups is 1. The quantitative estimate of drug-likeness (QED) is 0.873. The lowest BCUT2D eigenvalue weighted by Gasteiger charge is -2.15. The van der Waals surface area contributed by atoms with Crippen LogP contribution in [0.2, 0.25) is 0 Å². The molecule has 1 aromatic rings. The van der Waals surface area contributed by atoms with Gasteiger partial charge in [0.1, 0.15) is 5.75 Å². The summed E-state index contributed by atoms with van der Waals surface area (Å²) in [4.78, 5) is 24.3. The molecule has 7 heteroatoms. The van der Waals surface area contributed by atoms with Crippen molar-refractivity contribution >= 4 is 21.7 Å². The van der Waals surface area contributed by atoms with E-state index in [0.717, 1.165) is 12.8 Å². The molecule has 2 rings (SSSR count). The minimum Gasteiger partial charge on any atom is -0.478 e. The van der Waals surface area contributed by atoms with Crippen LogP contribution >= 0.6 is 0 Å². The summed E-state index contributed by atoms with van der Waals surface area (Å²) >= 11 is 0. The molecule has 1 aliphatic heterocycles. The summed E-state index contributed by atoms with van der Waals surface area (Å²) in [5, 5.41) is 8.89. The molecule has 0 bridgehead atoms. The lowest BCUT2D eigenvalue weighted by molar-refractivity contribution is -0.127. The SMILES string of the molecule is O=C(O)c1cccc(CS(=O)(=O)CC(=O)N2CCCC2)c1. The highest BCUT2D eigenvalue weighted by atomic mass is 32.2. The average molecular weight is 311 g/mol. The van der Waals surface area contributed by atoms with Crippen molar-refractivity contribution in [2.45, 2.75) is 18.6 Å². The Kier molecular flexibility index (Phi) is 4.62. The van der Waals surface area contributed by atoms with Crippen LogP contribution in [0.1, 0.15) is 28.8 Å². The first-order valence-corrected chi connectivity index (χ1v) is 8.50. The van der Waals surface area contributed by atoms with Gasteiger partial charge in [0.25, 0.3) is 0 Å². The molecule has 0 saturated carbocycles. The van der Waals surface area contributed by atoms with E-state index < -0.39 is 21.6 Å². The zero-order chi connectivity index (χ0) is 15.5. The molecule has 1 N–H and O–H groups in total. The summed E-state index contributed by atoms with van der Waals surface area (Å²) in [5.74, 6) is -2.33. The number of carbonyl (C=O) groups is 2. The van der Waals surface area contributed by atoms with Gasteiger partial charge in [-0.15, -0.1) is 0 Å². The minimum absolute atomic E-state index is 0.0357. The molecule has 1 aromatic carbocycles. The van der Waals surface area contributed by atoms with Gasteiger partial charge in [-0.2, -0.15) is 0 Å². The second kappa shape index (κ2) is 6.26. The van der Waals surface area contributed by atoms with E-state index in [4.69, 9.17) is 5.11 Å². The minimum atomic E-state index is -3.60. The molecule has 1 aliphatic rings. The van der Waals surface area contributed by atoms with E-state index in [2.05, 4.69) is 0 Å². The summed E-state index contributed by atoms with van der Waals surface area (Å²) in [7, 11) is -3.60. The van der Waals surface area contributed by atoms with Gasteiger partial charge < -0.3 is 10.0 Å². The van der Waals surface area contributed by atoms with Crippen LogP contribution in [0.3, 0.4) is 0 Å². The highest BCUT2D eigenvalue weighted by molar-refractivity contribution is 7.91. The van der Waals surface area contributed by atoms with Crippen LogP contribution in [0.4, 0.5) is 0 Å². The van der Waals surface area contributed by atoms with Crippen LogP contribution in [0, 0.1) is 0 Å². The normalized spacial score (nSPS) is 15.1. The van der Waals surface area contributed by atoms with Crippen LogP contribution in [0.15, 0.2) is 24.3 Å². The highest BCUT2D eigenvalue weighted by Gasteiger charge is 2.24. The number of carboxylic acid groups (broad SMARTS) is 1. The van der Waals surface area contributed by atoms with E-state index in [9.17, 15) is 18.0 Å². The molecule has 1 saturated heterocycles. The molecule has 0 aliphatic carbocycles. The Morgan fingerprint density at radius 3 is 2.48 bits per heavy atom. The van der Waals surface area contributed by atoms with Crippen molar-refractivity contribution in [3.8, 4) is 0 Å². The molecule has 1 fully saturated rings. The summed E-state index contributed by atoms with van der Waals surface area (Å²) in [6.07, 6.45) is 1.82. The van der Waals surface area contributed by atoms with Gasteiger partial charge in [0.2, 0.25) is 5.91 Å². The van der Waals surface area contributed by atoms with E-state index in [1.165, 1.54) is 18.2 Å². The van der Waals surface area contributed by atoms with E-state index in [0.29, 0.717) is 18.7 Å². The maximum absolute atomic E-state index is 12.1. The predicted octanol–water partition coefficient (Wildman–Crippen LogP) is 0.922. The third-order valence-corrected chi connectivity index (χ3v) is 4.82. The fourth-order valence-corrected chi connectivity index (χ4v) is 3.69. The summed E-state index contributed by atoms with van der Waals surface area (Å²) < 4.78 is 24.1. The lowest BCUT2D eigenvalue weighted by atomic mass is 10.1. The van der Waals surface area contributed by atoms with Crippen LogP contribution in [-0.4, -0.2) is 49.1 Å². The molecule has 0 radical (unpaired) electrons. The van der Waals surface area contributed by atoms with E-state index >= 15 is 0 Å². The Morgan fingerprint density at radius 1 is 1.19 bits per heavy atom. The molecule has 1 heterocycles. The van der Waals surface area contributed by atoms with Gasteiger partial charge in [0.15, 0.2) is 9.84 Å². The molecule has 0 atom stereocenters. The number of rotatable bonds is 5. The first-order valence-electron chi connectivity index (χ1n) is 6.68. The molecule has 0 spiro atoms. The number of hydrogen-bond donors (Lipinski definition) is 1. The number of hydrogen-bond acceptors (Lipinski definition) is 4. The second-order valence-electron chi connectivity index (χ2n) is 5.13. The first kappa shape index (κ1) is 15.5. The molecule has 0 aromatic heterocycles. The van der Waals surface area contributed by atoms with Crippen LogP contribution in [0.5, 0.6) is 0 Å². The van der Waals surface area contributed by atoms with Gasteiger partial charge in [0, 0.05) is 13.1 Å². The number of likely N-dealkylation sites (tertiary alicyclic amines) is 1. The van der Waals surface area contributed by atoms with Crippen molar-refractivity contribution in [3.05, 3.63) is 35.4 Å². The molecule has 21 heavy (non-hydrogen) atoms. The Hall–Kier alpha value is -1.89. The number of nitrogens with zero attached hydrogens (tertiary/aromatic N) is 1. The van der Waals surface area contributed by atoms with E-state index in [-0.39, 0.29) is 17.2 Å². The van der Waals surface area contributed by atoms with Crippen molar-refractivity contribution in [3.63, 3.8) is 0 Å². The Labute approximate surface area is 123 Å². The van der Waals surface area contributed by atoms with Gasteiger partial charge in [0.05, 0.1) is 11.3 Å². The number of carbonyl (C=O) groups excluding carboxylic acids is 1. The molecule has 6 nitrogen and oxygen atoms in total. The predicted molar refractivity (Wildman–Crippen MR) is 76.7 cm³/mol. The smallest absolute Gasteiger partial charge is 0.335 e. The number of amides is 1. The molecule has 114 valence electrons. The van der Waals surface area contributed by atoms with E-state index in [1.807, 2.05) is 0 Å². The summed E-state index contributed by atoms with van der Waals surface area (Å²) in [5.41, 5.74) is 0.415. The highest BCUT2D eigenvalue weighted by Crippen LogP contribution is 2.13. The molecule has 1 amide bonds. The molecular formula is C14H17NO5S. The van der Waals surface area contributed by atoms with Gasteiger partial charge in [-0.3, -0.25) is 4.79 Å². The van der Waals surface area contributed by atoms with Gasteiger partial charge >= 0.3 is 5.97 Å². The number of benzene rings is 1. The van der Waals surface area contributed by atoms with E-state index in [1.54, 1.807) is 11.0 Å². The van der Waals surface area contributed by atoms with Crippen molar-refractivity contribution < 1.29 is 23.1 Å². The third-order valence-electron chi connectivity index (χ3n) is 3.36. The van der Waals surface area contributed by atoms with Gasteiger partial charge in [-0.05, 0) is 30.5 Å². The van der Waals surface area contributed by atoms with Crippen LogP contribution < -0.4 is 0 Å². The Morgan fingerprint density at radius 2 is 1.86 bits per heavy atom. The zero-order valence-electron chi connectivity index (χ0n) is 11.5. The number of aromatic carboxylic acids is 1. The Balaban J connectivity index is 2.05. The average Bonchev–Trinajstić information content (AvgIpc) is 2.91. The summed E-state index contributed by atoms with van der Waals surface area (Å²) in [6.45, 7) is 1.23. The van der Waals surface area contributed by atoms with Gasteiger partial charge in [-0.25, -0.2) is 13.2 Å². The fourth-order valence-electron chi connectivity index (χ4n) is 2.35. The Bertz CT molecular complexity index is 647. The van der Waals surface area contributed by atoms with Crippen LogP contribution in [0.25, 0.3) is 0 Å². The van der Waals surface area contributed by atoms with Crippen molar-refractivity contribution in [2.75, 3.05) is 18.8 Å². The zero-order valence-corrected chi connectivity index (χ0v) is 12.3. The maximum atomic E-state index is 12.1. The van der Waals surface area contributed by atoms with Crippen molar-refractivity contribution in [2.24, 2.45) is 0 Å². The number of carboxylic acids is 1. The second-order valence-corrected chi connectivity index (χ2v) is 7.19. The molecular weight excluding hydrogens is 294 g/mol. The largest absolute Gasteiger partial charge is 0.478 e. The lowest BCUT2D eigenvalue weighted by Crippen LogP contribution is -2.33. The van der Waals surface area contributed by atoms with Crippen molar-refractivity contribution in [1.82, 2.24) is 4.90 Å². The standard InChI is InChI=1S/C14H17NO5S/c16-13(15-6-1-2-7-15)10-21(19,20)9-11-4-3-5-12(8-11)14(17)18/h3-5,8H,1-2,6-7,9-10H2,(H,17,18).